The molecule has 2 rings (SSSR count). The van der Waals surface area contributed by atoms with Crippen LogP contribution in [0.3, 0.4) is 0 Å². The lowest BCUT2D eigenvalue weighted by Gasteiger charge is -2.15. The van der Waals surface area contributed by atoms with Crippen LogP contribution in [-0.2, 0) is 13.1 Å². The van der Waals surface area contributed by atoms with Crippen LogP contribution < -0.4 is 20.3 Å². The van der Waals surface area contributed by atoms with Crippen molar-refractivity contribution in [3.05, 3.63) is 53.7 Å². The summed E-state index contributed by atoms with van der Waals surface area (Å²) in [6, 6.07) is 14.0. The molecule has 1 aromatic carbocycles. The minimum absolute atomic E-state index is 0. The molecule has 0 spiro atoms. The van der Waals surface area contributed by atoms with E-state index in [1.54, 1.807) is 7.05 Å². The normalized spacial score (nSPS) is 10.7. The maximum Gasteiger partial charge on any atom is 0.191 e. The topological polar surface area (TPSA) is 61.8 Å². The molecule has 0 aliphatic carbocycles. The Bertz CT molecular complexity index is 706. The summed E-state index contributed by atoms with van der Waals surface area (Å²) in [6.07, 6.45) is 0. The summed E-state index contributed by atoms with van der Waals surface area (Å²) in [5.74, 6) is 2.56. The summed E-state index contributed by atoms with van der Waals surface area (Å²) in [5.41, 5.74) is 2.06. The molecular formula is C19H28IN5O. The number of anilines is 1. The third kappa shape index (κ3) is 6.70. The van der Waals surface area contributed by atoms with Crippen molar-refractivity contribution >= 4 is 35.8 Å². The van der Waals surface area contributed by atoms with Gasteiger partial charge in [0.05, 0.1) is 18.8 Å². The first-order valence-corrected chi connectivity index (χ1v) is 8.42. The van der Waals surface area contributed by atoms with Crippen LogP contribution in [0, 0.1) is 0 Å². The highest BCUT2D eigenvalue weighted by Crippen LogP contribution is 2.17. The van der Waals surface area contributed by atoms with Gasteiger partial charge in [0.2, 0.25) is 0 Å². The van der Waals surface area contributed by atoms with Gasteiger partial charge in [0.25, 0.3) is 0 Å². The molecule has 0 radical (unpaired) electrons. The molecule has 26 heavy (non-hydrogen) atoms. The Morgan fingerprint density at radius 3 is 2.50 bits per heavy atom. The molecule has 142 valence electrons. The lowest BCUT2D eigenvalue weighted by atomic mass is 10.2. The van der Waals surface area contributed by atoms with Crippen molar-refractivity contribution in [3.63, 3.8) is 0 Å². The van der Waals surface area contributed by atoms with Gasteiger partial charge in [0.15, 0.2) is 5.96 Å². The number of para-hydroxylation sites is 1. The fourth-order valence-corrected chi connectivity index (χ4v) is 2.33. The average Bonchev–Trinajstić information content (AvgIpc) is 2.63. The molecule has 0 saturated heterocycles. The van der Waals surface area contributed by atoms with Crippen LogP contribution in [0.2, 0.25) is 0 Å². The second-order valence-corrected chi connectivity index (χ2v) is 5.70. The number of guanidine groups is 1. The number of pyridine rings is 1. The average molecular weight is 469 g/mol. The first kappa shape index (κ1) is 22.0. The highest BCUT2D eigenvalue weighted by atomic mass is 127. The van der Waals surface area contributed by atoms with Crippen LogP contribution in [0.15, 0.2) is 47.5 Å². The minimum atomic E-state index is 0. The van der Waals surface area contributed by atoms with Gasteiger partial charge in [-0.2, -0.15) is 0 Å². The molecule has 0 bridgehead atoms. The van der Waals surface area contributed by atoms with Crippen LogP contribution in [0.25, 0.3) is 0 Å². The third-order valence-corrected chi connectivity index (χ3v) is 3.63. The van der Waals surface area contributed by atoms with E-state index in [-0.39, 0.29) is 24.0 Å². The van der Waals surface area contributed by atoms with Gasteiger partial charge in [0, 0.05) is 33.3 Å². The lowest BCUT2D eigenvalue weighted by Crippen LogP contribution is -2.36. The number of hydrogen-bond acceptors (Lipinski definition) is 4. The fourth-order valence-electron chi connectivity index (χ4n) is 2.33. The molecule has 0 aliphatic heterocycles. The zero-order valence-electron chi connectivity index (χ0n) is 15.8. The number of nitrogens with one attached hydrogen (secondary N) is 2. The Balaban J connectivity index is 0.00000338. The number of nitrogens with zero attached hydrogens (tertiary/aromatic N) is 3. The predicted molar refractivity (Wildman–Crippen MR) is 119 cm³/mol. The van der Waals surface area contributed by atoms with Gasteiger partial charge >= 0.3 is 0 Å². The molecular weight excluding hydrogens is 441 g/mol. The minimum Gasteiger partial charge on any atom is -0.494 e. The van der Waals surface area contributed by atoms with Crippen molar-refractivity contribution < 1.29 is 4.74 Å². The van der Waals surface area contributed by atoms with E-state index in [0.29, 0.717) is 19.7 Å². The van der Waals surface area contributed by atoms with Gasteiger partial charge in [0.1, 0.15) is 11.6 Å². The van der Waals surface area contributed by atoms with Crippen LogP contribution in [0.1, 0.15) is 18.2 Å². The monoisotopic (exact) mass is 469 g/mol. The van der Waals surface area contributed by atoms with Gasteiger partial charge < -0.3 is 20.3 Å². The molecule has 0 fully saturated rings. The van der Waals surface area contributed by atoms with Crippen molar-refractivity contribution in [2.75, 3.05) is 32.6 Å². The van der Waals surface area contributed by atoms with E-state index in [0.717, 1.165) is 28.8 Å². The molecule has 2 aromatic rings. The van der Waals surface area contributed by atoms with E-state index >= 15 is 0 Å². The van der Waals surface area contributed by atoms with Gasteiger partial charge in [-0.1, -0.05) is 24.3 Å². The van der Waals surface area contributed by atoms with E-state index in [1.807, 2.05) is 68.4 Å². The molecule has 0 aliphatic rings. The molecule has 0 amide bonds. The Morgan fingerprint density at radius 1 is 1.08 bits per heavy atom. The van der Waals surface area contributed by atoms with Crippen LogP contribution in [-0.4, -0.2) is 38.7 Å². The van der Waals surface area contributed by atoms with E-state index in [4.69, 9.17) is 4.74 Å². The maximum absolute atomic E-state index is 5.65. The summed E-state index contributed by atoms with van der Waals surface area (Å²) >= 11 is 0. The highest BCUT2D eigenvalue weighted by molar-refractivity contribution is 14.0. The van der Waals surface area contributed by atoms with Crippen molar-refractivity contribution in [1.29, 1.82) is 0 Å². The molecule has 1 aromatic heterocycles. The van der Waals surface area contributed by atoms with E-state index < -0.39 is 0 Å². The number of aliphatic imine (C=N–C) groups is 1. The van der Waals surface area contributed by atoms with E-state index in [1.165, 1.54) is 0 Å². The summed E-state index contributed by atoms with van der Waals surface area (Å²) in [5, 5.41) is 6.60. The van der Waals surface area contributed by atoms with Crippen molar-refractivity contribution in [2.45, 2.75) is 20.0 Å². The zero-order chi connectivity index (χ0) is 18.1. The van der Waals surface area contributed by atoms with Crippen molar-refractivity contribution in [3.8, 4) is 5.75 Å². The lowest BCUT2D eigenvalue weighted by molar-refractivity contribution is 0.336. The second-order valence-electron chi connectivity index (χ2n) is 5.70. The van der Waals surface area contributed by atoms with Crippen LogP contribution in [0.5, 0.6) is 5.75 Å². The van der Waals surface area contributed by atoms with Crippen molar-refractivity contribution in [1.82, 2.24) is 15.6 Å². The summed E-state index contributed by atoms with van der Waals surface area (Å²) in [7, 11) is 5.72. The molecule has 0 atom stereocenters. The zero-order valence-corrected chi connectivity index (χ0v) is 18.2. The number of rotatable bonds is 7. The largest absolute Gasteiger partial charge is 0.494 e. The Kier molecular flexibility index (Phi) is 9.79. The van der Waals surface area contributed by atoms with Gasteiger partial charge in [-0.15, -0.1) is 24.0 Å². The van der Waals surface area contributed by atoms with Gasteiger partial charge in [-0.3, -0.25) is 4.99 Å². The Labute approximate surface area is 173 Å². The maximum atomic E-state index is 5.65. The summed E-state index contributed by atoms with van der Waals surface area (Å²) in [6.45, 7) is 3.88. The van der Waals surface area contributed by atoms with Gasteiger partial charge in [-0.25, -0.2) is 4.98 Å². The van der Waals surface area contributed by atoms with Gasteiger partial charge in [-0.05, 0) is 25.1 Å². The number of hydrogen-bond donors (Lipinski definition) is 2. The summed E-state index contributed by atoms with van der Waals surface area (Å²) < 4.78 is 5.65. The second kappa shape index (κ2) is 11.6. The first-order valence-electron chi connectivity index (χ1n) is 8.42. The number of ether oxygens (including phenoxy) is 1. The smallest absolute Gasteiger partial charge is 0.191 e. The number of halogens is 1. The SMILES string of the molecule is CCOc1ccccc1CNC(=NC)NCc1cccc(N(C)C)n1.I. The standard InChI is InChI=1S/C19H27N5O.HI/c1-5-25-17-11-7-6-9-15(17)13-21-19(20-2)22-14-16-10-8-12-18(23-16)24(3)4;/h6-12H,5,13-14H2,1-4H3,(H2,20,21,22);1H. The van der Waals surface area contributed by atoms with E-state index in [2.05, 4.69) is 20.6 Å². The van der Waals surface area contributed by atoms with Crippen LogP contribution >= 0.6 is 24.0 Å². The number of aromatic nitrogens is 1. The quantitative estimate of drug-likeness (QED) is 0.371. The third-order valence-electron chi connectivity index (χ3n) is 3.63. The molecule has 7 heteroatoms. The molecule has 1 heterocycles. The van der Waals surface area contributed by atoms with E-state index in [9.17, 15) is 0 Å². The predicted octanol–water partition coefficient (Wildman–Crippen LogP) is 3.03. The fraction of sp³-hybridized carbons (Fsp3) is 0.368. The molecule has 6 nitrogen and oxygen atoms in total. The van der Waals surface area contributed by atoms with Crippen LogP contribution in [0.4, 0.5) is 5.82 Å². The highest BCUT2D eigenvalue weighted by Gasteiger charge is 2.05. The molecule has 2 N–H and O–H groups in total. The molecule has 0 unspecified atom stereocenters. The Morgan fingerprint density at radius 2 is 1.81 bits per heavy atom. The Hall–Kier alpha value is -2.03. The first-order chi connectivity index (χ1) is 12.1. The van der Waals surface area contributed by atoms with Crippen molar-refractivity contribution in [2.24, 2.45) is 4.99 Å². The number of benzene rings is 1. The molecule has 0 saturated carbocycles. The summed E-state index contributed by atoms with van der Waals surface area (Å²) in [4.78, 5) is 10.9.